The molecular weight excluding hydrogens is 246 g/mol. The fraction of sp³-hybridized carbons (Fsp3) is 0.462. The number of hydrogen-bond donors (Lipinski definition) is 0. The second-order valence-electron chi connectivity index (χ2n) is 4.51. The highest BCUT2D eigenvalue weighted by molar-refractivity contribution is 5.59. The number of nitro benzene ring substituents is 1. The molecule has 0 spiro atoms. The minimum absolute atomic E-state index is 0.0775. The quantitative estimate of drug-likeness (QED) is 0.580. The number of anilines is 1. The van der Waals surface area contributed by atoms with Gasteiger partial charge in [-0.1, -0.05) is 6.92 Å². The number of rotatable bonds is 6. The van der Waals surface area contributed by atoms with Gasteiger partial charge in [0.25, 0.3) is 5.69 Å². The summed E-state index contributed by atoms with van der Waals surface area (Å²) in [6.07, 6.45) is 0. The fourth-order valence-corrected chi connectivity index (χ4v) is 1.92. The molecule has 102 valence electrons. The number of nitriles is 1. The predicted octanol–water partition coefficient (Wildman–Crippen LogP) is 2.19. The van der Waals surface area contributed by atoms with E-state index in [9.17, 15) is 10.1 Å². The molecule has 0 saturated carbocycles. The molecule has 0 fully saturated rings. The van der Waals surface area contributed by atoms with Crippen molar-refractivity contribution in [2.45, 2.75) is 6.92 Å². The molecule has 1 aromatic carbocycles. The molecule has 1 unspecified atom stereocenters. The second kappa shape index (κ2) is 6.71. The van der Waals surface area contributed by atoms with Crippen molar-refractivity contribution in [2.75, 3.05) is 32.2 Å². The molecule has 0 aromatic heterocycles. The lowest BCUT2D eigenvalue weighted by molar-refractivity contribution is -0.385. The van der Waals surface area contributed by atoms with Crippen LogP contribution in [0.2, 0.25) is 0 Å². The number of benzene rings is 1. The van der Waals surface area contributed by atoms with Crippen LogP contribution in [0.5, 0.6) is 0 Å². The van der Waals surface area contributed by atoms with Gasteiger partial charge in [0.15, 0.2) is 0 Å². The topological polar surface area (TPSA) is 79.4 Å². The van der Waals surface area contributed by atoms with Crippen molar-refractivity contribution in [3.05, 3.63) is 33.9 Å². The Morgan fingerprint density at radius 3 is 2.79 bits per heavy atom. The van der Waals surface area contributed by atoms with Crippen LogP contribution in [0.3, 0.4) is 0 Å². The Labute approximate surface area is 112 Å². The molecule has 0 amide bonds. The number of hydrogen-bond acceptors (Lipinski definition) is 5. The molecule has 1 atom stereocenters. The van der Waals surface area contributed by atoms with Crippen molar-refractivity contribution in [2.24, 2.45) is 5.92 Å². The van der Waals surface area contributed by atoms with E-state index in [0.29, 0.717) is 12.5 Å². The van der Waals surface area contributed by atoms with Crippen molar-refractivity contribution in [1.29, 1.82) is 5.26 Å². The van der Waals surface area contributed by atoms with Gasteiger partial charge in [-0.3, -0.25) is 10.1 Å². The third-order valence-electron chi connectivity index (χ3n) is 2.77. The summed E-state index contributed by atoms with van der Waals surface area (Å²) in [6, 6.07) is 6.41. The van der Waals surface area contributed by atoms with Crippen LogP contribution in [-0.2, 0) is 4.74 Å². The maximum atomic E-state index is 10.7. The summed E-state index contributed by atoms with van der Waals surface area (Å²) in [5, 5.41) is 19.7. The Morgan fingerprint density at radius 2 is 2.26 bits per heavy atom. The second-order valence-corrected chi connectivity index (χ2v) is 4.51. The van der Waals surface area contributed by atoms with Crippen LogP contribution in [0.1, 0.15) is 12.5 Å². The summed E-state index contributed by atoms with van der Waals surface area (Å²) in [5.41, 5.74) is 0.698. The van der Waals surface area contributed by atoms with Crippen LogP contribution in [0.4, 0.5) is 11.4 Å². The lowest BCUT2D eigenvalue weighted by Crippen LogP contribution is -2.26. The number of nitrogens with zero attached hydrogens (tertiary/aromatic N) is 3. The van der Waals surface area contributed by atoms with Gasteiger partial charge in [-0.05, 0) is 18.1 Å². The third-order valence-corrected chi connectivity index (χ3v) is 2.77. The lowest BCUT2D eigenvalue weighted by Gasteiger charge is -2.23. The Kier molecular flexibility index (Phi) is 5.27. The van der Waals surface area contributed by atoms with Gasteiger partial charge in [0, 0.05) is 32.5 Å². The van der Waals surface area contributed by atoms with E-state index >= 15 is 0 Å². The maximum Gasteiger partial charge on any atom is 0.287 e. The Morgan fingerprint density at radius 1 is 1.58 bits per heavy atom. The van der Waals surface area contributed by atoms with E-state index in [1.807, 2.05) is 18.0 Å². The molecule has 1 rings (SSSR count). The standard InChI is InChI=1S/C13H17N3O3/c1-10(9-19-3)8-15(2)12-4-5-13(16(17)18)11(6-12)7-14/h4-6,10H,8-9H2,1-3H3. The van der Waals surface area contributed by atoms with Crippen LogP contribution >= 0.6 is 0 Å². The SMILES string of the molecule is COCC(C)CN(C)c1ccc([N+](=O)[O-])c(C#N)c1. The Balaban J connectivity index is 2.90. The van der Waals surface area contributed by atoms with Crippen molar-refractivity contribution >= 4 is 11.4 Å². The molecule has 0 saturated heterocycles. The van der Waals surface area contributed by atoms with Crippen LogP contribution < -0.4 is 4.90 Å². The van der Waals surface area contributed by atoms with E-state index in [1.165, 1.54) is 12.1 Å². The molecular formula is C13H17N3O3. The molecule has 0 bridgehead atoms. The first kappa shape index (κ1) is 14.9. The minimum atomic E-state index is -0.546. The first-order valence-electron chi connectivity index (χ1n) is 5.88. The summed E-state index contributed by atoms with van der Waals surface area (Å²) in [5.74, 6) is 0.329. The summed E-state index contributed by atoms with van der Waals surface area (Å²) >= 11 is 0. The highest BCUT2D eigenvalue weighted by Crippen LogP contribution is 2.24. The first-order valence-corrected chi connectivity index (χ1v) is 5.88. The van der Waals surface area contributed by atoms with Crippen LogP contribution in [-0.4, -0.2) is 32.2 Å². The van der Waals surface area contributed by atoms with E-state index < -0.39 is 4.92 Å². The molecule has 6 nitrogen and oxygen atoms in total. The third kappa shape index (κ3) is 3.93. The van der Waals surface area contributed by atoms with Crippen molar-refractivity contribution in [3.63, 3.8) is 0 Å². The van der Waals surface area contributed by atoms with Gasteiger partial charge < -0.3 is 9.64 Å². The van der Waals surface area contributed by atoms with Gasteiger partial charge in [-0.2, -0.15) is 5.26 Å². The van der Waals surface area contributed by atoms with Crippen LogP contribution in [0.15, 0.2) is 18.2 Å². The van der Waals surface area contributed by atoms with Crippen molar-refractivity contribution in [3.8, 4) is 6.07 Å². The van der Waals surface area contributed by atoms with E-state index in [2.05, 4.69) is 6.92 Å². The van der Waals surface area contributed by atoms with Gasteiger partial charge >= 0.3 is 0 Å². The molecule has 19 heavy (non-hydrogen) atoms. The van der Waals surface area contributed by atoms with Gasteiger partial charge in [0.2, 0.25) is 0 Å². The zero-order chi connectivity index (χ0) is 14.4. The Bertz CT molecular complexity index is 496. The molecule has 0 heterocycles. The van der Waals surface area contributed by atoms with Crippen LogP contribution in [0.25, 0.3) is 0 Å². The summed E-state index contributed by atoms with van der Waals surface area (Å²) in [6.45, 7) is 3.44. The van der Waals surface area contributed by atoms with E-state index in [1.54, 1.807) is 13.2 Å². The van der Waals surface area contributed by atoms with Gasteiger partial charge in [-0.15, -0.1) is 0 Å². The number of nitro groups is 1. The van der Waals surface area contributed by atoms with E-state index in [-0.39, 0.29) is 11.3 Å². The van der Waals surface area contributed by atoms with Crippen molar-refractivity contribution in [1.82, 2.24) is 0 Å². The molecule has 0 aliphatic rings. The number of ether oxygens (including phenoxy) is 1. The average molecular weight is 263 g/mol. The fourth-order valence-electron chi connectivity index (χ4n) is 1.92. The van der Waals surface area contributed by atoms with Gasteiger partial charge in [0.05, 0.1) is 11.5 Å². The number of methoxy groups -OCH3 is 1. The smallest absolute Gasteiger partial charge is 0.287 e. The zero-order valence-electron chi connectivity index (χ0n) is 11.3. The molecule has 0 aliphatic heterocycles. The lowest BCUT2D eigenvalue weighted by atomic mass is 10.1. The minimum Gasteiger partial charge on any atom is -0.384 e. The molecule has 0 aliphatic carbocycles. The molecule has 1 aromatic rings. The molecule has 0 radical (unpaired) electrons. The van der Waals surface area contributed by atoms with E-state index in [4.69, 9.17) is 10.00 Å². The van der Waals surface area contributed by atoms with Gasteiger partial charge in [0.1, 0.15) is 11.6 Å². The highest BCUT2D eigenvalue weighted by Gasteiger charge is 2.15. The molecule has 0 N–H and O–H groups in total. The highest BCUT2D eigenvalue weighted by atomic mass is 16.6. The summed E-state index contributed by atoms with van der Waals surface area (Å²) in [4.78, 5) is 12.2. The largest absolute Gasteiger partial charge is 0.384 e. The Hall–Kier alpha value is -2.13. The first-order chi connectivity index (χ1) is 8.99. The van der Waals surface area contributed by atoms with Gasteiger partial charge in [-0.25, -0.2) is 0 Å². The predicted molar refractivity (Wildman–Crippen MR) is 72.1 cm³/mol. The maximum absolute atomic E-state index is 10.7. The normalized spacial score (nSPS) is 11.7. The monoisotopic (exact) mass is 263 g/mol. The van der Waals surface area contributed by atoms with E-state index in [0.717, 1.165) is 12.2 Å². The average Bonchev–Trinajstić information content (AvgIpc) is 2.37. The van der Waals surface area contributed by atoms with Crippen molar-refractivity contribution < 1.29 is 9.66 Å². The zero-order valence-corrected chi connectivity index (χ0v) is 11.3. The van der Waals surface area contributed by atoms with Crippen LogP contribution in [0, 0.1) is 27.4 Å². The summed E-state index contributed by atoms with van der Waals surface area (Å²) < 4.78 is 5.07. The molecule has 6 heteroatoms. The summed E-state index contributed by atoms with van der Waals surface area (Å²) in [7, 11) is 3.53.